The first-order valence-electron chi connectivity index (χ1n) is 10.4. The van der Waals surface area contributed by atoms with Crippen LogP contribution in [0.15, 0.2) is 17.1 Å². The Hall–Kier alpha value is -2.45. The Labute approximate surface area is 173 Å². The predicted molar refractivity (Wildman–Crippen MR) is 110 cm³/mol. The SMILES string of the molecule is Cc1c(N2CCCC(C(C)C(O)O)C2)c(F)cn2c(=O)c(C(=O)O)cc(C3CC3)c12. The molecular formula is C22H27FN2O5. The zero-order chi connectivity index (χ0) is 21.7. The van der Waals surface area contributed by atoms with Crippen molar-refractivity contribution in [2.75, 3.05) is 18.0 Å². The summed E-state index contributed by atoms with van der Waals surface area (Å²) in [6, 6.07) is 1.45. The lowest BCUT2D eigenvalue weighted by atomic mass is 9.85. The van der Waals surface area contributed by atoms with Crippen molar-refractivity contribution >= 4 is 17.2 Å². The third-order valence-corrected chi connectivity index (χ3v) is 6.68. The molecule has 0 bridgehead atoms. The Bertz CT molecular complexity index is 1060. The van der Waals surface area contributed by atoms with Crippen molar-refractivity contribution in [2.45, 2.75) is 51.7 Å². The van der Waals surface area contributed by atoms with Crippen LogP contribution in [0.3, 0.4) is 0 Å². The highest BCUT2D eigenvalue weighted by Gasteiger charge is 2.33. The van der Waals surface area contributed by atoms with Crippen LogP contribution in [-0.2, 0) is 0 Å². The molecule has 1 saturated heterocycles. The van der Waals surface area contributed by atoms with Gasteiger partial charge in [0.2, 0.25) is 0 Å². The lowest BCUT2D eigenvalue weighted by Crippen LogP contribution is -2.41. The van der Waals surface area contributed by atoms with E-state index in [0.717, 1.165) is 41.8 Å². The number of carbonyl (C=O) groups is 1. The minimum absolute atomic E-state index is 0.00765. The summed E-state index contributed by atoms with van der Waals surface area (Å²) >= 11 is 0. The molecule has 0 spiro atoms. The summed E-state index contributed by atoms with van der Waals surface area (Å²) in [5.74, 6) is -2.04. The van der Waals surface area contributed by atoms with E-state index in [-0.39, 0.29) is 23.3 Å². The lowest BCUT2D eigenvalue weighted by Gasteiger charge is -2.38. The van der Waals surface area contributed by atoms with Gasteiger partial charge in [0.15, 0.2) is 12.1 Å². The molecule has 0 amide bonds. The number of piperidine rings is 1. The largest absolute Gasteiger partial charge is 0.477 e. The van der Waals surface area contributed by atoms with Crippen LogP contribution in [0.4, 0.5) is 10.1 Å². The molecule has 1 aliphatic heterocycles. The molecule has 2 aliphatic rings. The Balaban J connectivity index is 1.86. The van der Waals surface area contributed by atoms with Gasteiger partial charge in [-0.15, -0.1) is 0 Å². The second kappa shape index (κ2) is 7.67. The second-order valence-electron chi connectivity index (χ2n) is 8.69. The Morgan fingerprint density at radius 3 is 2.57 bits per heavy atom. The maximum Gasteiger partial charge on any atom is 0.341 e. The molecule has 2 aromatic heterocycles. The first kappa shape index (κ1) is 20.8. The molecule has 3 N–H and O–H groups in total. The summed E-state index contributed by atoms with van der Waals surface area (Å²) in [6.45, 7) is 4.67. The molecule has 30 heavy (non-hydrogen) atoms. The maximum atomic E-state index is 15.3. The van der Waals surface area contributed by atoms with Crippen LogP contribution in [0.1, 0.15) is 60.0 Å². The van der Waals surface area contributed by atoms with Crippen molar-refractivity contribution in [3.63, 3.8) is 0 Å². The minimum Gasteiger partial charge on any atom is -0.477 e. The standard InChI is InChI=1S/C22H27FN2O5/c1-11(21(27)28)14-4-3-7-24(9-14)19-12(2)18-15(13-5-6-13)8-16(22(29)30)20(26)25(18)10-17(19)23/h8,10-11,13-14,21,27-28H,3-7,9H2,1-2H3,(H,29,30). The predicted octanol–water partition coefficient (Wildman–Crippen LogP) is 2.49. The minimum atomic E-state index is -1.42. The third-order valence-electron chi connectivity index (χ3n) is 6.68. The summed E-state index contributed by atoms with van der Waals surface area (Å²) in [5, 5.41) is 28.5. The fraction of sp³-hybridized carbons (Fsp3) is 0.545. The molecule has 0 radical (unpaired) electrons. The molecule has 2 fully saturated rings. The third kappa shape index (κ3) is 3.48. The van der Waals surface area contributed by atoms with E-state index in [1.165, 1.54) is 6.07 Å². The van der Waals surface area contributed by atoms with Crippen LogP contribution in [-0.4, -0.2) is 45.1 Å². The fourth-order valence-electron chi connectivity index (χ4n) is 4.77. The van der Waals surface area contributed by atoms with Gasteiger partial charge in [0.1, 0.15) is 5.56 Å². The van der Waals surface area contributed by atoms with E-state index < -0.39 is 23.6 Å². The first-order chi connectivity index (χ1) is 14.2. The average molecular weight is 418 g/mol. The van der Waals surface area contributed by atoms with Gasteiger partial charge in [0.05, 0.1) is 17.4 Å². The van der Waals surface area contributed by atoms with E-state index in [4.69, 9.17) is 0 Å². The van der Waals surface area contributed by atoms with Crippen LogP contribution in [0.2, 0.25) is 0 Å². The smallest absolute Gasteiger partial charge is 0.341 e. The normalized spacial score (nSPS) is 20.7. The summed E-state index contributed by atoms with van der Waals surface area (Å²) in [5.41, 5.74) is 1.31. The zero-order valence-corrected chi connectivity index (χ0v) is 17.1. The van der Waals surface area contributed by atoms with Crippen molar-refractivity contribution in [1.29, 1.82) is 0 Å². The summed E-state index contributed by atoms with van der Waals surface area (Å²) < 4.78 is 16.4. The van der Waals surface area contributed by atoms with Gasteiger partial charge in [-0.25, -0.2) is 9.18 Å². The molecule has 4 rings (SSSR count). The van der Waals surface area contributed by atoms with E-state index in [9.17, 15) is 24.9 Å². The summed E-state index contributed by atoms with van der Waals surface area (Å²) in [7, 11) is 0. The lowest BCUT2D eigenvalue weighted by molar-refractivity contribution is -0.0955. The van der Waals surface area contributed by atoms with Crippen LogP contribution < -0.4 is 10.5 Å². The van der Waals surface area contributed by atoms with Gasteiger partial charge < -0.3 is 20.2 Å². The molecule has 2 aromatic rings. The number of rotatable bonds is 5. The molecular weight excluding hydrogens is 391 g/mol. The van der Waals surface area contributed by atoms with Crippen molar-refractivity contribution in [3.8, 4) is 0 Å². The molecule has 2 unspecified atom stereocenters. The number of nitrogens with zero attached hydrogens (tertiary/aromatic N) is 2. The number of anilines is 1. The van der Waals surface area contributed by atoms with Crippen molar-refractivity contribution in [1.82, 2.24) is 4.40 Å². The highest BCUT2D eigenvalue weighted by atomic mass is 19.1. The number of aliphatic hydroxyl groups excluding tert-OH is 1. The Morgan fingerprint density at radius 2 is 1.97 bits per heavy atom. The van der Waals surface area contributed by atoms with Crippen molar-refractivity contribution in [2.24, 2.45) is 11.8 Å². The summed E-state index contributed by atoms with van der Waals surface area (Å²) in [4.78, 5) is 26.2. The van der Waals surface area contributed by atoms with Crippen LogP contribution in [0.5, 0.6) is 0 Å². The maximum absolute atomic E-state index is 15.3. The number of aryl methyl sites for hydroxylation is 1. The average Bonchev–Trinajstić information content (AvgIpc) is 3.53. The van der Waals surface area contributed by atoms with Crippen LogP contribution in [0, 0.1) is 24.6 Å². The Kier molecular flexibility index (Phi) is 5.32. The summed E-state index contributed by atoms with van der Waals surface area (Å²) in [6.07, 6.45) is 3.14. The zero-order valence-electron chi connectivity index (χ0n) is 17.1. The van der Waals surface area contributed by atoms with Gasteiger partial charge in [-0.05, 0) is 61.6 Å². The van der Waals surface area contributed by atoms with Gasteiger partial charge in [0, 0.05) is 19.0 Å². The fourth-order valence-corrected chi connectivity index (χ4v) is 4.77. The highest BCUT2D eigenvalue weighted by Crippen LogP contribution is 2.44. The van der Waals surface area contributed by atoms with Gasteiger partial charge in [-0.2, -0.15) is 0 Å². The van der Waals surface area contributed by atoms with E-state index in [0.29, 0.717) is 29.9 Å². The number of aromatic nitrogens is 1. The van der Waals surface area contributed by atoms with E-state index >= 15 is 4.39 Å². The molecule has 162 valence electrons. The van der Waals surface area contributed by atoms with Crippen LogP contribution in [0.25, 0.3) is 5.52 Å². The van der Waals surface area contributed by atoms with Crippen molar-refractivity contribution in [3.05, 3.63) is 45.1 Å². The molecule has 8 heteroatoms. The number of hydrogen-bond donors (Lipinski definition) is 3. The quantitative estimate of drug-likeness (QED) is 0.645. The molecule has 3 heterocycles. The molecule has 1 saturated carbocycles. The van der Waals surface area contributed by atoms with Gasteiger partial charge in [-0.1, -0.05) is 6.92 Å². The number of carboxylic acids is 1. The van der Waals surface area contributed by atoms with Crippen molar-refractivity contribution < 1.29 is 24.5 Å². The Morgan fingerprint density at radius 1 is 1.27 bits per heavy atom. The number of halogens is 1. The van der Waals surface area contributed by atoms with Crippen LogP contribution >= 0.6 is 0 Å². The number of hydrogen-bond acceptors (Lipinski definition) is 5. The number of pyridine rings is 2. The number of fused-ring (bicyclic) bond motifs is 1. The highest BCUT2D eigenvalue weighted by molar-refractivity contribution is 5.89. The van der Waals surface area contributed by atoms with E-state index in [1.54, 1.807) is 13.8 Å². The number of aromatic carboxylic acids is 1. The first-order valence-corrected chi connectivity index (χ1v) is 10.4. The second-order valence-corrected chi connectivity index (χ2v) is 8.69. The molecule has 0 aromatic carbocycles. The monoisotopic (exact) mass is 418 g/mol. The number of aliphatic hydroxyl groups is 2. The van der Waals surface area contributed by atoms with Gasteiger partial charge >= 0.3 is 5.97 Å². The topological polar surface area (TPSA) is 102 Å². The molecule has 1 aliphatic carbocycles. The molecule has 7 nitrogen and oxygen atoms in total. The molecule has 2 atom stereocenters. The number of carboxylic acid groups (broad SMARTS) is 1. The van der Waals surface area contributed by atoms with E-state index in [1.807, 2.05) is 4.90 Å². The van der Waals surface area contributed by atoms with E-state index in [2.05, 4.69) is 0 Å². The van der Waals surface area contributed by atoms with Gasteiger partial charge in [-0.3, -0.25) is 9.20 Å². The van der Waals surface area contributed by atoms with Gasteiger partial charge in [0.25, 0.3) is 5.56 Å².